The molecule has 2 aliphatic rings. The highest BCUT2D eigenvalue weighted by Gasteiger charge is 2.39. The summed E-state index contributed by atoms with van der Waals surface area (Å²) in [6, 6.07) is 0. The smallest absolute Gasteiger partial charge is 0.0762 e. The van der Waals surface area contributed by atoms with Crippen LogP contribution in [0, 0.1) is 5.41 Å². The van der Waals surface area contributed by atoms with E-state index in [0.717, 1.165) is 26.0 Å². The highest BCUT2D eigenvalue weighted by Crippen LogP contribution is 2.39. The number of rotatable bonds is 1. The Morgan fingerprint density at radius 2 is 2.60 bits per heavy atom. The van der Waals surface area contributed by atoms with E-state index in [1.54, 1.807) is 0 Å². The van der Waals surface area contributed by atoms with E-state index in [0.29, 0.717) is 11.5 Å². The Bertz CT molecular complexity index is 167. The van der Waals surface area contributed by atoms with Gasteiger partial charge in [-0.05, 0) is 12.8 Å². The average Bonchev–Trinajstić information content (AvgIpc) is 2.29. The van der Waals surface area contributed by atoms with Gasteiger partial charge in [0, 0.05) is 12.0 Å². The molecule has 2 atom stereocenters. The number of nitrogens with two attached hydrogens (primary N) is 1. The summed E-state index contributed by atoms with van der Waals surface area (Å²) in [5.41, 5.74) is 5.97. The van der Waals surface area contributed by atoms with Crippen LogP contribution in [0.5, 0.6) is 0 Å². The molecule has 2 N–H and O–H groups in total. The zero-order chi connectivity index (χ0) is 7.03. The third-order valence-corrected chi connectivity index (χ3v) is 2.57. The summed E-state index contributed by atoms with van der Waals surface area (Å²) in [5.74, 6) is 0. The number of ether oxygens (including phenoxy) is 1. The molecule has 1 aliphatic heterocycles. The van der Waals surface area contributed by atoms with Gasteiger partial charge in [0.15, 0.2) is 0 Å². The van der Waals surface area contributed by atoms with E-state index in [1.165, 1.54) is 0 Å². The van der Waals surface area contributed by atoms with Crippen LogP contribution in [0.3, 0.4) is 0 Å². The maximum atomic E-state index is 5.66. The van der Waals surface area contributed by atoms with Crippen molar-refractivity contribution in [2.75, 3.05) is 13.2 Å². The molecule has 1 saturated heterocycles. The molecular weight excluding hydrogens is 126 g/mol. The number of hydrogen-bond donors (Lipinski definition) is 1. The summed E-state index contributed by atoms with van der Waals surface area (Å²) in [5, 5.41) is 0. The van der Waals surface area contributed by atoms with Crippen molar-refractivity contribution in [1.82, 2.24) is 0 Å². The molecule has 0 aromatic rings. The quantitative estimate of drug-likeness (QED) is 0.542. The monoisotopic (exact) mass is 139 g/mol. The fraction of sp³-hybridized carbons (Fsp3) is 0.750. The molecule has 2 rings (SSSR count). The molecule has 1 fully saturated rings. The molecule has 2 unspecified atom stereocenters. The number of hydrogen-bond acceptors (Lipinski definition) is 2. The fourth-order valence-electron chi connectivity index (χ4n) is 1.79. The summed E-state index contributed by atoms with van der Waals surface area (Å²) >= 11 is 0. The van der Waals surface area contributed by atoms with Gasteiger partial charge in [-0.1, -0.05) is 12.2 Å². The fourth-order valence-corrected chi connectivity index (χ4v) is 1.79. The predicted molar refractivity (Wildman–Crippen MR) is 39.6 cm³/mol. The molecule has 0 radical (unpaired) electrons. The molecule has 0 saturated carbocycles. The largest absolute Gasteiger partial charge is 0.373 e. The average molecular weight is 139 g/mol. The lowest BCUT2D eigenvalue weighted by Gasteiger charge is -2.25. The van der Waals surface area contributed by atoms with Crippen LogP contribution in [0.4, 0.5) is 0 Å². The second-order valence-electron chi connectivity index (χ2n) is 3.39. The second kappa shape index (κ2) is 2.07. The molecular formula is C8H13NO. The van der Waals surface area contributed by atoms with Crippen LogP contribution in [0.2, 0.25) is 0 Å². The Morgan fingerprint density at radius 3 is 3.30 bits per heavy atom. The van der Waals surface area contributed by atoms with Gasteiger partial charge in [-0.25, -0.2) is 0 Å². The van der Waals surface area contributed by atoms with Crippen molar-refractivity contribution < 1.29 is 4.74 Å². The summed E-state index contributed by atoms with van der Waals surface area (Å²) in [6.45, 7) is 1.63. The molecule has 1 aliphatic carbocycles. The van der Waals surface area contributed by atoms with Gasteiger partial charge in [-0.2, -0.15) is 0 Å². The molecule has 0 amide bonds. The molecule has 2 heteroatoms. The molecule has 1 heterocycles. The van der Waals surface area contributed by atoms with Crippen LogP contribution in [0.15, 0.2) is 12.2 Å². The van der Waals surface area contributed by atoms with E-state index in [4.69, 9.17) is 10.5 Å². The van der Waals surface area contributed by atoms with Gasteiger partial charge in [0.1, 0.15) is 0 Å². The van der Waals surface area contributed by atoms with Gasteiger partial charge in [0.2, 0.25) is 0 Å². The van der Waals surface area contributed by atoms with E-state index in [1.807, 2.05) is 0 Å². The standard InChI is InChI=1S/C8H13NO/c9-5-8-3-1-2-7(4-8)10-6-8/h1-2,7H,3-6,9H2. The normalized spacial score (nSPS) is 44.3. The third kappa shape index (κ3) is 0.796. The predicted octanol–water partition coefficient (Wildman–Crippen LogP) is 0.680. The van der Waals surface area contributed by atoms with Crippen molar-refractivity contribution in [1.29, 1.82) is 0 Å². The van der Waals surface area contributed by atoms with Gasteiger partial charge in [0.25, 0.3) is 0 Å². The number of fused-ring (bicyclic) bond motifs is 2. The maximum Gasteiger partial charge on any atom is 0.0762 e. The summed E-state index contributed by atoms with van der Waals surface area (Å²) in [7, 11) is 0. The molecule has 56 valence electrons. The zero-order valence-electron chi connectivity index (χ0n) is 6.05. The molecule has 0 aromatic carbocycles. The van der Waals surface area contributed by atoms with Gasteiger partial charge in [-0.3, -0.25) is 0 Å². The van der Waals surface area contributed by atoms with E-state index < -0.39 is 0 Å². The first-order valence-electron chi connectivity index (χ1n) is 3.83. The first-order valence-corrected chi connectivity index (χ1v) is 3.83. The van der Waals surface area contributed by atoms with Crippen molar-refractivity contribution in [3.8, 4) is 0 Å². The Kier molecular flexibility index (Phi) is 1.32. The highest BCUT2D eigenvalue weighted by molar-refractivity contribution is 5.07. The SMILES string of the molecule is NCC12CC=CC(C1)OC2. The zero-order valence-corrected chi connectivity index (χ0v) is 6.05. The summed E-state index contributed by atoms with van der Waals surface area (Å²) < 4.78 is 5.50. The van der Waals surface area contributed by atoms with Crippen LogP contribution in [0.1, 0.15) is 12.8 Å². The molecule has 2 bridgehead atoms. The van der Waals surface area contributed by atoms with Gasteiger partial charge >= 0.3 is 0 Å². The lowest BCUT2D eigenvalue weighted by Crippen LogP contribution is -2.31. The maximum absolute atomic E-state index is 5.66. The van der Waals surface area contributed by atoms with Crippen molar-refractivity contribution in [3.63, 3.8) is 0 Å². The van der Waals surface area contributed by atoms with Crippen molar-refractivity contribution in [2.24, 2.45) is 11.1 Å². The van der Waals surface area contributed by atoms with E-state index in [2.05, 4.69) is 12.2 Å². The topological polar surface area (TPSA) is 35.2 Å². The Hall–Kier alpha value is -0.340. The van der Waals surface area contributed by atoms with Crippen molar-refractivity contribution in [3.05, 3.63) is 12.2 Å². The molecule has 0 aromatic heterocycles. The first kappa shape index (κ1) is 6.38. The minimum absolute atomic E-state index is 0.305. The van der Waals surface area contributed by atoms with Gasteiger partial charge < -0.3 is 10.5 Å². The molecule has 2 nitrogen and oxygen atoms in total. The van der Waals surface area contributed by atoms with E-state index in [9.17, 15) is 0 Å². The third-order valence-electron chi connectivity index (χ3n) is 2.57. The summed E-state index contributed by atoms with van der Waals surface area (Å²) in [6.07, 6.45) is 6.98. The van der Waals surface area contributed by atoms with E-state index >= 15 is 0 Å². The lowest BCUT2D eigenvalue weighted by molar-refractivity contribution is 0.127. The Balaban J connectivity index is 2.19. The van der Waals surface area contributed by atoms with Gasteiger partial charge in [0.05, 0.1) is 12.7 Å². The highest BCUT2D eigenvalue weighted by atomic mass is 16.5. The van der Waals surface area contributed by atoms with Crippen LogP contribution in [-0.4, -0.2) is 19.3 Å². The van der Waals surface area contributed by atoms with E-state index in [-0.39, 0.29) is 0 Å². The first-order chi connectivity index (χ1) is 4.85. The minimum atomic E-state index is 0.305. The van der Waals surface area contributed by atoms with Crippen LogP contribution < -0.4 is 5.73 Å². The Labute approximate surface area is 61.0 Å². The van der Waals surface area contributed by atoms with Crippen LogP contribution in [0.25, 0.3) is 0 Å². The second-order valence-corrected chi connectivity index (χ2v) is 3.39. The molecule has 10 heavy (non-hydrogen) atoms. The van der Waals surface area contributed by atoms with Crippen LogP contribution >= 0.6 is 0 Å². The van der Waals surface area contributed by atoms with Gasteiger partial charge in [-0.15, -0.1) is 0 Å². The molecule has 0 spiro atoms. The summed E-state index contributed by atoms with van der Waals surface area (Å²) in [4.78, 5) is 0. The minimum Gasteiger partial charge on any atom is -0.373 e. The van der Waals surface area contributed by atoms with Crippen LogP contribution in [-0.2, 0) is 4.74 Å². The van der Waals surface area contributed by atoms with Crippen molar-refractivity contribution >= 4 is 0 Å². The number of allylic oxidation sites excluding steroid dienone is 1. The van der Waals surface area contributed by atoms with Crippen molar-refractivity contribution in [2.45, 2.75) is 18.9 Å². The Morgan fingerprint density at radius 1 is 1.70 bits per heavy atom. The lowest BCUT2D eigenvalue weighted by atomic mass is 9.79.